The number of rotatable bonds is 1. The summed E-state index contributed by atoms with van der Waals surface area (Å²) in [7, 11) is 0. The summed E-state index contributed by atoms with van der Waals surface area (Å²) in [6, 6.07) is 44.3. The highest BCUT2D eigenvalue weighted by Crippen LogP contribution is 2.57. The number of hydrogen-bond acceptors (Lipinski definition) is 0. The van der Waals surface area contributed by atoms with Crippen LogP contribution in [0.4, 0.5) is 0 Å². The lowest BCUT2D eigenvalue weighted by Gasteiger charge is -2.37. The third-order valence-corrected chi connectivity index (χ3v) is 13.3. The normalized spacial score (nSPS) is 15.9. The van der Waals surface area contributed by atoms with Crippen molar-refractivity contribution in [2.45, 2.75) is 52.4 Å². The van der Waals surface area contributed by atoms with Gasteiger partial charge >= 0.3 is 6.85 Å². The SMILES string of the molecule is Cc1cccc(C)c1-c1cc2c3c(c1)-n1c4c(c5cccc(c51)B3n1c3c(c5cccc-2c51)C(C)(C)c1ccccc1-3)-c1ccccc1C4(C)C. The Morgan fingerprint density at radius 1 is 0.549 bits per heavy atom. The van der Waals surface area contributed by atoms with E-state index in [1.54, 1.807) is 0 Å². The summed E-state index contributed by atoms with van der Waals surface area (Å²) in [5, 5.41) is 2.75. The standard InChI is InChI=1S/C48H37BN2/c1-26-14-11-15-27(2)39(26)28-24-34-29-18-12-20-33-41-45(31-17-8-10-22-36(31)47(41,3)4)51(43(29)33)49-37-23-13-19-32-40-30-16-7-9-21-35(30)48(5,6)46(40)50(44(32)37)38(25-28)42(34)49/h7-25H,1-6H3. The summed E-state index contributed by atoms with van der Waals surface area (Å²) >= 11 is 0. The van der Waals surface area contributed by atoms with E-state index in [4.69, 9.17) is 0 Å². The first-order valence-electron chi connectivity index (χ1n) is 18.5. The number of fused-ring (bicyclic) bond motifs is 14. The fourth-order valence-corrected chi connectivity index (χ4v) is 11.3. The zero-order valence-electron chi connectivity index (χ0n) is 29.9. The van der Waals surface area contributed by atoms with Crippen molar-refractivity contribution < 1.29 is 0 Å². The van der Waals surface area contributed by atoms with Crippen LogP contribution < -0.4 is 10.9 Å². The largest absolute Gasteiger partial charge is 0.375 e. The molecule has 242 valence electrons. The van der Waals surface area contributed by atoms with E-state index in [0.29, 0.717) is 0 Å². The summed E-state index contributed by atoms with van der Waals surface area (Å²) in [5.74, 6) is 0. The molecule has 0 spiro atoms. The fraction of sp³-hybridized carbons (Fsp3) is 0.167. The number of aryl methyl sites for hydroxylation is 2. The van der Waals surface area contributed by atoms with Gasteiger partial charge in [0.1, 0.15) is 0 Å². The van der Waals surface area contributed by atoms with Crippen LogP contribution in [0.1, 0.15) is 61.2 Å². The fourth-order valence-electron chi connectivity index (χ4n) is 11.3. The van der Waals surface area contributed by atoms with Gasteiger partial charge in [0.15, 0.2) is 0 Å². The van der Waals surface area contributed by atoms with Gasteiger partial charge in [-0.25, -0.2) is 0 Å². The van der Waals surface area contributed by atoms with E-state index in [1.165, 1.54) is 117 Å². The Labute approximate surface area is 299 Å². The minimum Gasteiger partial charge on any atom is -0.375 e. The molecule has 4 heterocycles. The van der Waals surface area contributed by atoms with Gasteiger partial charge in [-0.05, 0) is 87.0 Å². The van der Waals surface area contributed by atoms with Crippen molar-refractivity contribution in [2.24, 2.45) is 0 Å². The molecule has 2 aromatic heterocycles. The average molecular weight is 653 g/mol. The van der Waals surface area contributed by atoms with Gasteiger partial charge in [-0.1, -0.05) is 131 Å². The number of hydrogen-bond donors (Lipinski definition) is 0. The van der Waals surface area contributed by atoms with E-state index in [-0.39, 0.29) is 17.7 Å². The van der Waals surface area contributed by atoms with Crippen LogP contribution in [0.3, 0.4) is 0 Å². The van der Waals surface area contributed by atoms with Gasteiger partial charge in [-0.15, -0.1) is 0 Å². The molecular weight excluding hydrogens is 615 g/mol. The van der Waals surface area contributed by atoms with Gasteiger partial charge in [0.25, 0.3) is 0 Å². The Morgan fingerprint density at radius 2 is 1.20 bits per heavy atom. The summed E-state index contributed by atoms with van der Waals surface area (Å²) in [6.07, 6.45) is 0. The number of aromatic nitrogens is 2. The van der Waals surface area contributed by atoms with E-state index < -0.39 is 0 Å². The maximum absolute atomic E-state index is 2.77. The maximum atomic E-state index is 2.77. The Kier molecular flexibility index (Phi) is 4.89. The third-order valence-electron chi connectivity index (χ3n) is 13.3. The highest BCUT2D eigenvalue weighted by Gasteiger charge is 2.50. The molecule has 0 atom stereocenters. The van der Waals surface area contributed by atoms with Gasteiger partial charge < -0.3 is 9.05 Å². The molecule has 6 aromatic carbocycles. The molecule has 4 aliphatic rings. The molecule has 0 amide bonds. The Hall–Kier alpha value is -5.54. The van der Waals surface area contributed by atoms with E-state index in [9.17, 15) is 0 Å². The van der Waals surface area contributed by atoms with Crippen LogP contribution in [0.5, 0.6) is 0 Å². The molecular formula is C48H37BN2. The van der Waals surface area contributed by atoms with Gasteiger partial charge in [0, 0.05) is 60.9 Å². The van der Waals surface area contributed by atoms with Crippen molar-refractivity contribution in [3.05, 3.63) is 149 Å². The third kappa shape index (κ3) is 3.04. The molecule has 0 saturated carbocycles. The lowest BCUT2D eigenvalue weighted by molar-refractivity contribution is 0.624. The molecule has 0 radical (unpaired) electrons. The Bertz CT molecular complexity index is 2930. The van der Waals surface area contributed by atoms with Crippen molar-refractivity contribution >= 4 is 39.6 Å². The topological polar surface area (TPSA) is 9.86 Å². The molecule has 0 N–H and O–H groups in total. The number of para-hydroxylation sites is 2. The van der Waals surface area contributed by atoms with Crippen molar-refractivity contribution in [1.29, 1.82) is 0 Å². The van der Waals surface area contributed by atoms with Gasteiger partial charge in [-0.3, -0.25) is 0 Å². The quantitative estimate of drug-likeness (QED) is 0.156. The van der Waals surface area contributed by atoms with Crippen molar-refractivity contribution in [2.75, 3.05) is 0 Å². The average Bonchev–Trinajstić information content (AvgIpc) is 3.80. The van der Waals surface area contributed by atoms with E-state index >= 15 is 0 Å². The number of nitrogens with zero attached hydrogens (tertiary/aromatic N) is 2. The molecule has 0 fully saturated rings. The lowest BCUT2D eigenvalue weighted by Crippen LogP contribution is -2.55. The second kappa shape index (κ2) is 8.84. The van der Waals surface area contributed by atoms with Crippen LogP contribution in [0, 0.1) is 13.8 Å². The monoisotopic (exact) mass is 652 g/mol. The van der Waals surface area contributed by atoms with Gasteiger partial charge in [0.2, 0.25) is 0 Å². The van der Waals surface area contributed by atoms with Crippen molar-refractivity contribution in [3.63, 3.8) is 0 Å². The molecule has 2 aliphatic carbocycles. The molecule has 0 unspecified atom stereocenters. The van der Waals surface area contributed by atoms with Crippen LogP contribution in [0.2, 0.25) is 0 Å². The summed E-state index contributed by atoms with van der Waals surface area (Å²) in [5.41, 5.74) is 25.9. The second-order valence-electron chi connectivity index (χ2n) is 16.6. The van der Waals surface area contributed by atoms with Crippen LogP contribution in [0.25, 0.3) is 72.1 Å². The van der Waals surface area contributed by atoms with Crippen molar-refractivity contribution in [3.8, 4) is 50.3 Å². The minimum atomic E-state index is -0.159. The minimum absolute atomic E-state index is 0.0507. The summed E-state index contributed by atoms with van der Waals surface area (Å²) in [4.78, 5) is 0. The Morgan fingerprint density at radius 3 is 1.98 bits per heavy atom. The van der Waals surface area contributed by atoms with Gasteiger partial charge in [-0.2, -0.15) is 0 Å². The second-order valence-corrected chi connectivity index (χ2v) is 16.6. The summed E-state index contributed by atoms with van der Waals surface area (Å²) < 4.78 is 5.48. The lowest BCUT2D eigenvalue weighted by atomic mass is 9.45. The first-order chi connectivity index (χ1) is 24.7. The predicted octanol–water partition coefficient (Wildman–Crippen LogP) is 10.4. The highest BCUT2D eigenvalue weighted by molar-refractivity contribution is 6.89. The van der Waals surface area contributed by atoms with Crippen LogP contribution in [-0.4, -0.2) is 15.9 Å². The van der Waals surface area contributed by atoms with E-state index in [2.05, 4.69) is 166 Å². The molecule has 0 saturated heterocycles. The first kappa shape index (κ1) is 28.2. The molecule has 2 aliphatic heterocycles. The predicted molar refractivity (Wildman–Crippen MR) is 215 cm³/mol. The maximum Gasteiger partial charge on any atom is 0.333 e. The summed E-state index contributed by atoms with van der Waals surface area (Å²) in [6.45, 7) is 14.3. The molecule has 51 heavy (non-hydrogen) atoms. The number of benzene rings is 6. The van der Waals surface area contributed by atoms with E-state index in [0.717, 1.165) is 0 Å². The smallest absolute Gasteiger partial charge is 0.333 e. The Balaban J connectivity index is 1.32. The molecule has 0 bridgehead atoms. The van der Waals surface area contributed by atoms with Crippen molar-refractivity contribution in [1.82, 2.24) is 9.05 Å². The molecule has 12 rings (SSSR count). The zero-order valence-corrected chi connectivity index (χ0v) is 29.9. The molecule has 3 heteroatoms. The van der Waals surface area contributed by atoms with E-state index in [1.807, 2.05) is 0 Å². The van der Waals surface area contributed by atoms with Crippen LogP contribution in [0.15, 0.2) is 115 Å². The highest BCUT2D eigenvalue weighted by atomic mass is 15.0. The molecule has 8 aromatic rings. The first-order valence-corrected chi connectivity index (χ1v) is 18.5. The van der Waals surface area contributed by atoms with Crippen LogP contribution >= 0.6 is 0 Å². The molecule has 2 nitrogen and oxygen atoms in total. The zero-order chi connectivity index (χ0) is 34.3. The van der Waals surface area contributed by atoms with Crippen LogP contribution in [-0.2, 0) is 10.8 Å². The van der Waals surface area contributed by atoms with Gasteiger partial charge in [0.05, 0.1) is 5.52 Å².